The maximum atomic E-state index is 13.3. The fraction of sp³-hybridized carbons (Fsp3) is 0.344. The number of benzene rings is 3. The van der Waals surface area contributed by atoms with E-state index in [4.69, 9.17) is 24.9 Å². The van der Waals surface area contributed by atoms with Gasteiger partial charge in [0.15, 0.2) is 0 Å². The van der Waals surface area contributed by atoms with Crippen molar-refractivity contribution in [2.45, 2.75) is 64.0 Å². The van der Waals surface area contributed by atoms with Crippen molar-refractivity contribution in [1.29, 1.82) is 0 Å². The number of aliphatic carboxylic acids is 1. The van der Waals surface area contributed by atoms with Gasteiger partial charge in [-0.15, -0.1) is 0 Å². The third-order valence-corrected chi connectivity index (χ3v) is 7.48. The highest BCUT2D eigenvalue weighted by Crippen LogP contribution is 2.38. The quantitative estimate of drug-likeness (QED) is 0.170. The van der Waals surface area contributed by atoms with Gasteiger partial charge >= 0.3 is 19.3 Å². The lowest BCUT2D eigenvalue weighted by Crippen LogP contribution is -2.49. The number of hydrogen-bond acceptors (Lipinski definition) is 8. The number of carbonyl (C=O) groups is 3. The first-order valence-electron chi connectivity index (χ1n) is 14.6. The lowest BCUT2D eigenvalue weighted by Gasteiger charge is -2.32. The molecule has 15 heteroatoms. The van der Waals surface area contributed by atoms with Gasteiger partial charge in [0.05, 0.1) is 35.1 Å². The van der Waals surface area contributed by atoms with E-state index in [2.05, 4.69) is 20.9 Å². The third-order valence-electron chi connectivity index (χ3n) is 7.48. The van der Waals surface area contributed by atoms with Crippen LogP contribution in [0.15, 0.2) is 89.1 Å². The molecule has 0 spiro atoms. The zero-order valence-electron chi connectivity index (χ0n) is 26.4. The highest BCUT2D eigenvalue weighted by Gasteiger charge is 2.54. The third kappa shape index (κ3) is 11.0. The molecule has 5 N–H and O–H groups in total. The maximum Gasteiger partial charge on any atom is 0.490 e. The van der Waals surface area contributed by atoms with Gasteiger partial charge in [0, 0.05) is 12.1 Å². The van der Waals surface area contributed by atoms with E-state index in [0.717, 1.165) is 11.1 Å². The fourth-order valence-corrected chi connectivity index (χ4v) is 4.14. The Balaban J connectivity index is 0.000000771. The Labute approximate surface area is 270 Å². The van der Waals surface area contributed by atoms with E-state index in [0.29, 0.717) is 29.9 Å². The molecule has 0 aliphatic carbocycles. The lowest BCUT2D eigenvalue weighted by molar-refractivity contribution is -0.192. The molecule has 0 bridgehead atoms. The van der Waals surface area contributed by atoms with E-state index < -0.39 is 30.5 Å². The summed E-state index contributed by atoms with van der Waals surface area (Å²) in [5.74, 6) is -3.58. The molecular weight excluding hydrogens is 618 g/mol. The summed E-state index contributed by atoms with van der Waals surface area (Å²) >= 11 is 0. The monoisotopic (exact) mass is 655 g/mol. The predicted octanol–water partition coefficient (Wildman–Crippen LogP) is 5.28. The van der Waals surface area contributed by atoms with Gasteiger partial charge in [-0.05, 0) is 81.6 Å². The summed E-state index contributed by atoms with van der Waals surface area (Å²) in [7, 11) is -0.592. The van der Waals surface area contributed by atoms with Crippen LogP contribution in [-0.4, -0.2) is 59.9 Å². The predicted molar refractivity (Wildman–Crippen MR) is 169 cm³/mol. The van der Waals surface area contributed by atoms with Crippen molar-refractivity contribution >= 4 is 36.3 Å². The van der Waals surface area contributed by atoms with Crippen molar-refractivity contribution in [2.75, 3.05) is 6.54 Å². The normalized spacial score (nSPS) is 15.8. The molecule has 2 amide bonds. The van der Waals surface area contributed by atoms with E-state index in [9.17, 15) is 22.8 Å². The maximum absolute atomic E-state index is 13.3. The SMILES string of the molecule is CC1(C)OB(C(Cc2ccccc2)NC(=O)c2ccc(N=Nc3ccc(CNC(=O)CN)cc3)cc2)OC1(C)C.O=C(O)C(F)(F)F. The van der Waals surface area contributed by atoms with Gasteiger partial charge < -0.3 is 30.8 Å². The summed E-state index contributed by atoms with van der Waals surface area (Å²) < 4.78 is 44.3. The number of amides is 2. The van der Waals surface area contributed by atoms with Crippen LogP contribution in [0.25, 0.3) is 0 Å². The van der Waals surface area contributed by atoms with Gasteiger partial charge in [0.25, 0.3) is 5.91 Å². The van der Waals surface area contributed by atoms with Crippen LogP contribution in [0.2, 0.25) is 0 Å². The summed E-state index contributed by atoms with van der Waals surface area (Å²) in [6, 6.07) is 24.3. The Morgan fingerprint density at radius 2 is 1.34 bits per heavy atom. The van der Waals surface area contributed by atoms with Crippen molar-refractivity contribution in [3.8, 4) is 0 Å². The van der Waals surface area contributed by atoms with Crippen molar-refractivity contribution in [1.82, 2.24) is 10.6 Å². The number of nitrogens with one attached hydrogen (secondary N) is 2. The van der Waals surface area contributed by atoms with E-state index in [1.807, 2.05) is 82.3 Å². The first kappa shape index (κ1) is 36.9. The smallest absolute Gasteiger partial charge is 0.475 e. The number of carboxylic acids is 1. The summed E-state index contributed by atoms with van der Waals surface area (Å²) in [5.41, 5.74) is 8.07. The minimum atomic E-state index is -5.08. The van der Waals surface area contributed by atoms with Gasteiger partial charge in [-0.25, -0.2) is 4.79 Å². The molecule has 0 saturated carbocycles. The second-order valence-electron chi connectivity index (χ2n) is 11.6. The van der Waals surface area contributed by atoms with Gasteiger partial charge in [-0.2, -0.15) is 23.4 Å². The molecule has 1 heterocycles. The highest BCUT2D eigenvalue weighted by molar-refractivity contribution is 6.48. The molecule has 1 aliphatic heterocycles. The lowest BCUT2D eigenvalue weighted by atomic mass is 9.74. The van der Waals surface area contributed by atoms with Crippen LogP contribution in [0.3, 0.4) is 0 Å². The standard InChI is InChI=1S/C30H36BN5O4.C2HF3O2/c1-29(2)30(3,4)40-31(39-29)26(18-21-8-6-5-7-9-21)34-28(38)23-12-16-25(17-13-23)36-35-24-14-10-22(11-15-24)20-33-27(37)19-32;3-2(4,5)1(6)7/h5-17,26H,18-20,32H2,1-4H3,(H,33,37)(H,34,38);(H,6,7). The molecule has 3 aromatic rings. The summed E-state index contributed by atoms with van der Waals surface area (Å²) in [4.78, 5) is 33.5. The minimum absolute atomic E-state index is 0.0406. The Morgan fingerprint density at radius 3 is 1.81 bits per heavy atom. The fourth-order valence-electron chi connectivity index (χ4n) is 4.14. The van der Waals surface area contributed by atoms with E-state index in [1.165, 1.54) is 0 Å². The van der Waals surface area contributed by atoms with Gasteiger partial charge in [-0.1, -0.05) is 42.5 Å². The zero-order valence-corrected chi connectivity index (χ0v) is 26.4. The van der Waals surface area contributed by atoms with Crippen LogP contribution >= 0.6 is 0 Å². The molecule has 1 unspecified atom stereocenters. The number of carbonyl (C=O) groups excluding carboxylic acids is 2. The largest absolute Gasteiger partial charge is 0.490 e. The van der Waals surface area contributed by atoms with Crippen LogP contribution in [-0.2, 0) is 31.9 Å². The molecule has 1 aliphatic rings. The Kier molecular flexibility index (Phi) is 12.4. The van der Waals surface area contributed by atoms with Crippen molar-refractivity contribution in [3.05, 3.63) is 95.6 Å². The number of nitrogens with two attached hydrogens (primary N) is 1. The Bertz CT molecular complexity index is 1520. The molecule has 1 fully saturated rings. The first-order valence-corrected chi connectivity index (χ1v) is 14.6. The van der Waals surface area contributed by atoms with E-state index >= 15 is 0 Å². The zero-order chi connectivity index (χ0) is 34.8. The topological polar surface area (TPSA) is 165 Å². The molecule has 0 radical (unpaired) electrons. The number of alkyl halides is 3. The van der Waals surface area contributed by atoms with Crippen molar-refractivity contribution in [2.24, 2.45) is 16.0 Å². The number of nitrogens with zero attached hydrogens (tertiary/aromatic N) is 2. The highest BCUT2D eigenvalue weighted by atomic mass is 19.4. The minimum Gasteiger partial charge on any atom is -0.475 e. The Hall–Kier alpha value is -4.60. The van der Waals surface area contributed by atoms with Gasteiger partial charge in [-0.3, -0.25) is 9.59 Å². The van der Waals surface area contributed by atoms with Crippen LogP contribution in [0.1, 0.15) is 49.2 Å². The average Bonchev–Trinajstić information content (AvgIpc) is 3.25. The number of halogens is 3. The van der Waals surface area contributed by atoms with Crippen LogP contribution < -0.4 is 16.4 Å². The van der Waals surface area contributed by atoms with Crippen LogP contribution in [0.4, 0.5) is 24.5 Å². The number of rotatable bonds is 10. The summed E-state index contributed by atoms with van der Waals surface area (Å²) in [6.45, 7) is 8.36. The molecule has 47 heavy (non-hydrogen) atoms. The molecule has 250 valence electrons. The average molecular weight is 655 g/mol. The summed E-state index contributed by atoms with van der Waals surface area (Å²) in [5, 5.41) is 21.5. The van der Waals surface area contributed by atoms with Crippen molar-refractivity contribution < 1.29 is 42.0 Å². The number of hydrogen-bond donors (Lipinski definition) is 4. The Morgan fingerprint density at radius 1 is 0.851 bits per heavy atom. The molecule has 4 rings (SSSR count). The molecule has 3 aromatic carbocycles. The van der Waals surface area contributed by atoms with Crippen LogP contribution in [0, 0.1) is 0 Å². The van der Waals surface area contributed by atoms with Crippen molar-refractivity contribution in [3.63, 3.8) is 0 Å². The second kappa shape index (κ2) is 15.8. The molecule has 0 aromatic heterocycles. The molecule has 1 atom stereocenters. The number of carboxylic acid groups (broad SMARTS) is 1. The molecule has 11 nitrogen and oxygen atoms in total. The molecule has 1 saturated heterocycles. The van der Waals surface area contributed by atoms with Crippen LogP contribution in [0.5, 0.6) is 0 Å². The second-order valence-corrected chi connectivity index (χ2v) is 11.6. The summed E-state index contributed by atoms with van der Waals surface area (Å²) in [6.07, 6.45) is -4.52. The number of azo groups is 1. The first-order chi connectivity index (χ1) is 22.0. The van der Waals surface area contributed by atoms with Gasteiger partial charge in [0.2, 0.25) is 5.91 Å². The van der Waals surface area contributed by atoms with Gasteiger partial charge in [0.1, 0.15) is 0 Å². The van der Waals surface area contributed by atoms with E-state index in [-0.39, 0.29) is 24.3 Å². The molecular formula is C32H37BF3N5O6. The van der Waals surface area contributed by atoms with E-state index in [1.54, 1.807) is 24.3 Å².